The maximum atomic E-state index is 14.9. The highest BCUT2D eigenvalue weighted by Gasteiger charge is 2.70. The smallest absolute Gasteiger partial charge is 0.159 e. The third-order valence-corrected chi connectivity index (χ3v) is 15.0. The molecule has 3 saturated carbocycles. The van der Waals surface area contributed by atoms with Gasteiger partial charge < -0.3 is 0 Å². The van der Waals surface area contributed by atoms with Crippen molar-refractivity contribution < 1.29 is 14.0 Å². The number of allylic oxidation sites excluding steroid dienone is 2. The van der Waals surface area contributed by atoms with E-state index in [0.717, 1.165) is 68.3 Å². The summed E-state index contributed by atoms with van der Waals surface area (Å²) in [6.45, 7) is 18.4. The average molecular weight is 599 g/mol. The van der Waals surface area contributed by atoms with E-state index in [2.05, 4.69) is 54.5 Å². The summed E-state index contributed by atoms with van der Waals surface area (Å²) in [4.78, 5) is 27.8. The van der Waals surface area contributed by atoms with Crippen molar-refractivity contribution in [3.63, 3.8) is 0 Å². The Balaban J connectivity index is 1.37. The lowest BCUT2D eigenvalue weighted by molar-refractivity contribution is -0.172. The zero-order valence-electron chi connectivity index (χ0n) is 28.4. The number of aromatic nitrogens is 2. The molecule has 0 N–H and O–H groups in total. The number of benzene rings is 1. The first kappa shape index (κ1) is 30.1. The number of hydrogen-bond acceptors (Lipinski definition) is 3. The highest BCUT2D eigenvalue weighted by atomic mass is 19.1. The Kier molecular flexibility index (Phi) is 6.18. The average Bonchev–Trinajstić information content (AvgIpc) is 3.27. The standard InChI is InChI=1S/C39H51FN2O2/c1-23(43)36(5)17-16-35(4)18-19-38(7)27(28(35)22-36)20-29(44)32-37(6)21-26-31(24-10-12-25(40)13-11-24)42(9)41-33(26)34(2,3)30(37)14-15-39(32,38)8/h10-13,20,28,30,32H,14-19,21-22H2,1-9H3. The first-order valence-electron chi connectivity index (χ1n) is 17.0. The van der Waals surface area contributed by atoms with Gasteiger partial charge in [0.05, 0.1) is 11.4 Å². The first-order chi connectivity index (χ1) is 20.4. The van der Waals surface area contributed by atoms with Crippen molar-refractivity contribution in [1.29, 1.82) is 0 Å². The van der Waals surface area contributed by atoms with Crippen LogP contribution in [0.2, 0.25) is 0 Å². The van der Waals surface area contributed by atoms with Crippen molar-refractivity contribution in [2.45, 2.75) is 112 Å². The molecular formula is C39H51FN2O2. The molecule has 8 atom stereocenters. The summed E-state index contributed by atoms with van der Waals surface area (Å²) >= 11 is 0. The van der Waals surface area contributed by atoms with Crippen molar-refractivity contribution in [1.82, 2.24) is 9.78 Å². The molecule has 1 aromatic carbocycles. The third-order valence-electron chi connectivity index (χ3n) is 15.0. The van der Waals surface area contributed by atoms with Crippen LogP contribution in [0, 0.1) is 50.6 Å². The quantitative estimate of drug-likeness (QED) is 0.347. The van der Waals surface area contributed by atoms with E-state index in [1.807, 2.05) is 23.9 Å². The van der Waals surface area contributed by atoms with Crippen LogP contribution in [0.3, 0.4) is 0 Å². The fourth-order valence-electron chi connectivity index (χ4n) is 12.1. The molecule has 7 rings (SSSR count). The molecule has 1 heterocycles. The van der Waals surface area contributed by atoms with Crippen molar-refractivity contribution in [2.75, 3.05) is 0 Å². The van der Waals surface area contributed by atoms with Crippen LogP contribution in [0.25, 0.3) is 11.3 Å². The molecule has 5 aliphatic carbocycles. The number of carbonyl (C=O) groups is 2. The zero-order chi connectivity index (χ0) is 31.8. The molecule has 0 radical (unpaired) electrons. The van der Waals surface area contributed by atoms with Gasteiger partial charge in [-0.2, -0.15) is 5.10 Å². The van der Waals surface area contributed by atoms with Gasteiger partial charge in [-0.25, -0.2) is 4.39 Å². The van der Waals surface area contributed by atoms with Gasteiger partial charge >= 0.3 is 0 Å². The van der Waals surface area contributed by atoms with Crippen LogP contribution in [0.5, 0.6) is 0 Å². The van der Waals surface area contributed by atoms with Crippen LogP contribution < -0.4 is 0 Å². The molecule has 5 aliphatic rings. The Hall–Kier alpha value is -2.56. The molecule has 0 bridgehead atoms. The number of Topliss-reactive ketones (excluding diaryl/α,β-unsaturated/α-hetero) is 1. The predicted octanol–water partition coefficient (Wildman–Crippen LogP) is 8.81. The van der Waals surface area contributed by atoms with E-state index in [0.29, 0.717) is 17.5 Å². The lowest BCUT2D eigenvalue weighted by Crippen LogP contribution is -2.66. The van der Waals surface area contributed by atoms with E-state index < -0.39 is 0 Å². The van der Waals surface area contributed by atoms with Crippen LogP contribution in [-0.4, -0.2) is 21.3 Å². The predicted molar refractivity (Wildman–Crippen MR) is 172 cm³/mol. The number of carbonyl (C=O) groups excluding carboxylic acids is 2. The molecule has 0 spiro atoms. The minimum Gasteiger partial charge on any atom is -0.299 e. The van der Waals surface area contributed by atoms with Crippen LogP contribution in [-0.2, 0) is 28.5 Å². The van der Waals surface area contributed by atoms with E-state index in [9.17, 15) is 14.0 Å². The van der Waals surface area contributed by atoms with Crippen LogP contribution in [0.4, 0.5) is 4.39 Å². The van der Waals surface area contributed by atoms with Crippen LogP contribution in [0.1, 0.15) is 112 Å². The maximum absolute atomic E-state index is 14.9. The lowest BCUT2D eigenvalue weighted by atomic mass is 9.33. The molecule has 0 aliphatic heterocycles. The van der Waals surface area contributed by atoms with Crippen molar-refractivity contribution in [3.05, 3.63) is 53.0 Å². The Bertz CT molecular complexity index is 1620. The van der Waals surface area contributed by atoms with Gasteiger partial charge in [0, 0.05) is 34.9 Å². The first-order valence-corrected chi connectivity index (χ1v) is 17.0. The van der Waals surface area contributed by atoms with Crippen molar-refractivity contribution in [3.8, 4) is 11.3 Å². The summed E-state index contributed by atoms with van der Waals surface area (Å²) < 4.78 is 15.9. The van der Waals surface area contributed by atoms with E-state index in [4.69, 9.17) is 5.10 Å². The van der Waals surface area contributed by atoms with Gasteiger partial charge in [0.2, 0.25) is 0 Å². The molecule has 0 saturated heterocycles. The van der Waals surface area contributed by atoms with Gasteiger partial charge in [0.25, 0.3) is 0 Å². The summed E-state index contributed by atoms with van der Waals surface area (Å²) in [5.41, 5.74) is 4.86. The maximum Gasteiger partial charge on any atom is 0.159 e. The van der Waals surface area contributed by atoms with E-state index >= 15 is 0 Å². The highest BCUT2D eigenvalue weighted by Crippen LogP contribution is 2.75. The third kappa shape index (κ3) is 3.65. The summed E-state index contributed by atoms with van der Waals surface area (Å²) in [6, 6.07) is 6.78. The number of halogens is 1. The fraction of sp³-hybridized carbons (Fsp3) is 0.667. The molecule has 236 valence electrons. The van der Waals surface area contributed by atoms with E-state index in [1.54, 1.807) is 6.92 Å². The topological polar surface area (TPSA) is 52.0 Å². The monoisotopic (exact) mass is 598 g/mol. The Labute approximate surface area is 263 Å². The van der Waals surface area contributed by atoms with Crippen molar-refractivity contribution in [2.24, 2.45) is 51.9 Å². The second-order valence-electron chi connectivity index (χ2n) is 17.5. The Morgan fingerprint density at radius 2 is 1.61 bits per heavy atom. The molecule has 2 aromatic rings. The summed E-state index contributed by atoms with van der Waals surface area (Å²) in [5, 5.41) is 5.12. The molecule has 1 aromatic heterocycles. The summed E-state index contributed by atoms with van der Waals surface area (Å²) in [7, 11) is 2.00. The molecule has 4 nitrogen and oxygen atoms in total. The van der Waals surface area contributed by atoms with Gasteiger partial charge in [-0.05, 0) is 122 Å². The fourth-order valence-corrected chi connectivity index (χ4v) is 12.1. The zero-order valence-corrected chi connectivity index (χ0v) is 28.4. The number of nitrogens with zero attached hydrogens (tertiary/aromatic N) is 2. The highest BCUT2D eigenvalue weighted by molar-refractivity contribution is 5.96. The van der Waals surface area contributed by atoms with Gasteiger partial charge in [-0.1, -0.05) is 54.0 Å². The minimum atomic E-state index is -0.311. The van der Waals surface area contributed by atoms with E-state index in [-0.39, 0.29) is 50.1 Å². The van der Waals surface area contributed by atoms with E-state index in [1.165, 1.54) is 23.3 Å². The number of hydrogen-bond donors (Lipinski definition) is 0. The number of rotatable bonds is 2. The molecule has 44 heavy (non-hydrogen) atoms. The second kappa shape index (κ2) is 9.04. The lowest BCUT2D eigenvalue weighted by Gasteiger charge is -2.70. The van der Waals surface area contributed by atoms with Gasteiger partial charge in [0.15, 0.2) is 5.78 Å². The number of fused-ring (bicyclic) bond motifs is 8. The van der Waals surface area contributed by atoms with Crippen molar-refractivity contribution >= 4 is 11.6 Å². The SMILES string of the molecule is CC(=O)C1(C)CCC2(C)CCC3(C)C(=CC(=O)C4C5(C)Cc6c(nn(C)c6-c6ccc(F)cc6)C(C)(C)C5CCC43C)C2C1. The molecular weight excluding hydrogens is 547 g/mol. The van der Waals surface area contributed by atoms with Crippen LogP contribution in [0.15, 0.2) is 35.9 Å². The molecule has 0 amide bonds. The second-order valence-corrected chi connectivity index (χ2v) is 17.5. The summed E-state index contributed by atoms with van der Waals surface area (Å²) in [5.74, 6) is 0.855. The van der Waals surface area contributed by atoms with Gasteiger partial charge in [-0.3, -0.25) is 14.3 Å². The normalized spacial score (nSPS) is 42.3. The molecule has 5 heteroatoms. The van der Waals surface area contributed by atoms with Crippen LogP contribution >= 0.6 is 0 Å². The number of ketones is 2. The molecule has 3 fully saturated rings. The number of aryl methyl sites for hydroxylation is 1. The summed E-state index contributed by atoms with van der Waals surface area (Å²) in [6.07, 6.45) is 10.1. The minimum absolute atomic E-state index is 0.0854. The largest absolute Gasteiger partial charge is 0.299 e. The Morgan fingerprint density at radius 1 is 0.955 bits per heavy atom. The van der Waals surface area contributed by atoms with Gasteiger partial charge in [-0.15, -0.1) is 0 Å². The molecule has 8 unspecified atom stereocenters. The Morgan fingerprint density at radius 3 is 2.27 bits per heavy atom. The van der Waals surface area contributed by atoms with Gasteiger partial charge in [0.1, 0.15) is 11.6 Å².